The maximum Gasteiger partial charge on any atom is 0.348 e. The highest BCUT2D eigenvalue weighted by Crippen LogP contribution is 2.49. The molecule has 0 aromatic carbocycles. The van der Waals surface area contributed by atoms with Crippen molar-refractivity contribution in [2.45, 2.75) is 32.1 Å². The normalized spacial score (nSPS) is 15.8. The minimum Gasteiger partial charge on any atom is -0.477 e. The lowest BCUT2D eigenvalue weighted by molar-refractivity contribution is 0.0703. The number of carboxylic acids is 1. The lowest BCUT2D eigenvalue weighted by Crippen LogP contribution is -2.14. The van der Waals surface area contributed by atoms with E-state index in [0.717, 1.165) is 43.7 Å². The van der Waals surface area contributed by atoms with Crippen LogP contribution in [-0.4, -0.2) is 16.1 Å². The van der Waals surface area contributed by atoms with Crippen LogP contribution in [0.15, 0.2) is 15.9 Å². The summed E-state index contributed by atoms with van der Waals surface area (Å²) in [5.74, 6) is -0.992. The van der Waals surface area contributed by atoms with Crippen LogP contribution in [0.25, 0.3) is 20.7 Å². The molecule has 3 aromatic heterocycles. The summed E-state index contributed by atoms with van der Waals surface area (Å²) in [4.78, 5) is 18.4. The molecule has 3 aromatic rings. The summed E-state index contributed by atoms with van der Waals surface area (Å²) in [5.41, 5.74) is 9.91. The first-order valence-corrected chi connectivity index (χ1v) is 10.0. The van der Waals surface area contributed by atoms with Gasteiger partial charge in [0.05, 0.1) is 11.4 Å². The van der Waals surface area contributed by atoms with E-state index in [1.807, 2.05) is 5.38 Å². The zero-order valence-corrected chi connectivity index (χ0v) is 16.4. The topological polar surface area (TPSA) is 76.2 Å². The highest BCUT2D eigenvalue weighted by molar-refractivity contribution is 9.10. The summed E-state index contributed by atoms with van der Waals surface area (Å²) in [6.07, 6.45) is 1.98. The van der Waals surface area contributed by atoms with E-state index in [2.05, 4.69) is 35.8 Å². The Balaban J connectivity index is 2.16. The molecule has 124 valence electrons. The Morgan fingerprint density at radius 3 is 2.83 bits per heavy atom. The number of anilines is 1. The number of carbonyl (C=O) groups is 1. The third kappa shape index (κ3) is 2.22. The van der Waals surface area contributed by atoms with E-state index >= 15 is 0 Å². The Kier molecular flexibility index (Phi) is 3.53. The van der Waals surface area contributed by atoms with Gasteiger partial charge in [-0.05, 0) is 40.4 Å². The number of aromatic carboxylic acids is 1. The van der Waals surface area contributed by atoms with Crippen molar-refractivity contribution >= 4 is 60.5 Å². The van der Waals surface area contributed by atoms with Gasteiger partial charge in [0.1, 0.15) is 9.71 Å². The molecule has 24 heavy (non-hydrogen) atoms. The Morgan fingerprint density at radius 2 is 2.21 bits per heavy atom. The number of nitrogens with two attached hydrogens (primary N) is 1. The van der Waals surface area contributed by atoms with Crippen LogP contribution < -0.4 is 5.73 Å². The van der Waals surface area contributed by atoms with Crippen LogP contribution in [0.3, 0.4) is 0 Å². The third-order valence-corrected chi connectivity index (χ3v) is 7.42. The maximum atomic E-state index is 11.5. The second kappa shape index (κ2) is 5.28. The summed E-state index contributed by atoms with van der Waals surface area (Å²) < 4.78 is 1.02. The zero-order valence-electron chi connectivity index (χ0n) is 13.1. The van der Waals surface area contributed by atoms with Crippen molar-refractivity contribution in [3.8, 4) is 10.4 Å². The predicted octanol–water partition coefficient (Wildman–Crippen LogP) is 5.29. The van der Waals surface area contributed by atoms with E-state index in [9.17, 15) is 9.90 Å². The maximum absolute atomic E-state index is 11.5. The molecule has 0 atom stereocenters. The number of hydrogen-bond donors (Lipinski definition) is 2. The number of halogens is 1. The number of pyridine rings is 1. The van der Waals surface area contributed by atoms with Gasteiger partial charge in [0.25, 0.3) is 0 Å². The van der Waals surface area contributed by atoms with Gasteiger partial charge in [0, 0.05) is 31.1 Å². The standard InChI is InChI=1S/C17H15BrN2O2S2/c1-17(2)4-3-8-10(9-5-7(18)6-23-9)11-12(19)13(16(21)22)24-15(11)20-14(8)17/h5-6H,3-4,19H2,1-2H3,(H,21,22). The monoisotopic (exact) mass is 422 g/mol. The van der Waals surface area contributed by atoms with Crippen molar-refractivity contribution in [2.75, 3.05) is 5.73 Å². The van der Waals surface area contributed by atoms with Crippen molar-refractivity contribution in [3.63, 3.8) is 0 Å². The van der Waals surface area contributed by atoms with Crippen LogP contribution in [0.1, 0.15) is 41.2 Å². The van der Waals surface area contributed by atoms with Gasteiger partial charge in [-0.3, -0.25) is 0 Å². The minimum atomic E-state index is -0.992. The fraction of sp³-hybridized carbons (Fsp3) is 0.294. The summed E-state index contributed by atoms with van der Waals surface area (Å²) in [6.45, 7) is 4.39. The third-order valence-electron chi connectivity index (χ3n) is 4.63. The van der Waals surface area contributed by atoms with Gasteiger partial charge in [0.2, 0.25) is 0 Å². The molecule has 4 nitrogen and oxygen atoms in total. The quantitative estimate of drug-likeness (QED) is 0.587. The lowest BCUT2D eigenvalue weighted by Gasteiger charge is -2.18. The van der Waals surface area contributed by atoms with Gasteiger partial charge in [-0.25, -0.2) is 9.78 Å². The number of nitrogen functional groups attached to an aromatic ring is 1. The highest BCUT2D eigenvalue weighted by atomic mass is 79.9. The van der Waals surface area contributed by atoms with Gasteiger partial charge in [-0.15, -0.1) is 22.7 Å². The second-order valence-electron chi connectivity index (χ2n) is 6.66. The summed E-state index contributed by atoms with van der Waals surface area (Å²) >= 11 is 6.32. The molecule has 0 saturated carbocycles. The lowest BCUT2D eigenvalue weighted by atomic mass is 9.90. The van der Waals surface area contributed by atoms with Crippen molar-refractivity contribution in [1.29, 1.82) is 0 Å². The Labute approximate surface area is 155 Å². The molecule has 1 aliphatic carbocycles. The van der Waals surface area contributed by atoms with E-state index in [1.165, 1.54) is 16.9 Å². The SMILES string of the molecule is CC1(C)CCc2c1nc1sc(C(=O)O)c(N)c1c2-c1cc(Br)cs1. The second-order valence-corrected chi connectivity index (χ2v) is 9.48. The summed E-state index contributed by atoms with van der Waals surface area (Å²) in [7, 11) is 0. The molecule has 0 radical (unpaired) electrons. The smallest absolute Gasteiger partial charge is 0.348 e. The molecule has 3 heterocycles. The molecule has 0 saturated heterocycles. The number of carboxylic acid groups (broad SMARTS) is 1. The fourth-order valence-electron chi connectivity index (χ4n) is 3.42. The summed E-state index contributed by atoms with van der Waals surface area (Å²) in [6, 6.07) is 2.07. The van der Waals surface area contributed by atoms with Crippen LogP contribution in [0.4, 0.5) is 5.69 Å². The number of fused-ring (bicyclic) bond motifs is 2. The van der Waals surface area contributed by atoms with E-state index < -0.39 is 5.97 Å². The molecule has 0 spiro atoms. The van der Waals surface area contributed by atoms with Crippen molar-refractivity contribution in [2.24, 2.45) is 0 Å². The van der Waals surface area contributed by atoms with Gasteiger partial charge in [-0.1, -0.05) is 13.8 Å². The van der Waals surface area contributed by atoms with E-state index in [0.29, 0.717) is 5.69 Å². The van der Waals surface area contributed by atoms with Gasteiger partial charge >= 0.3 is 5.97 Å². The van der Waals surface area contributed by atoms with Crippen LogP contribution in [0, 0.1) is 0 Å². The molecule has 0 aliphatic heterocycles. The first kappa shape index (κ1) is 16.1. The molecule has 0 fully saturated rings. The largest absolute Gasteiger partial charge is 0.477 e. The average Bonchev–Trinajstić information content (AvgIpc) is 3.16. The molecule has 4 rings (SSSR count). The Bertz CT molecular complexity index is 1000. The molecular formula is C17H15BrN2O2S2. The molecule has 0 bridgehead atoms. The number of aromatic nitrogens is 1. The summed E-state index contributed by atoms with van der Waals surface area (Å²) in [5, 5.41) is 12.3. The average molecular weight is 423 g/mol. The molecule has 1 aliphatic rings. The van der Waals surface area contributed by atoms with Crippen LogP contribution in [0.2, 0.25) is 0 Å². The van der Waals surface area contributed by atoms with Gasteiger partial charge in [0.15, 0.2) is 0 Å². The van der Waals surface area contributed by atoms with Crippen molar-refractivity contribution < 1.29 is 9.90 Å². The number of nitrogens with zero attached hydrogens (tertiary/aromatic N) is 1. The molecule has 7 heteroatoms. The fourth-order valence-corrected chi connectivity index (χ4v) is 5.87. The Hall–Kier alpha value is -1.44. The molecule has 0 amide bonds. The Morgan fingerprint density at radius 1 is 1.46 bits per heavy atom. The highest BCUT2D eigenvalue weighted by Gasteiger charge is 2.36. The zero-order chi connectivity index (χ0) is 17.2. The van der Waals surface area contributed by atoms with Crippen molar-refractivity contribution in [1.82, 2.24) is 4.98 Å². The first-order chi connectivity index (χ1) is 11.3. The van der Waals surface area contributed by atoms with Crippen LogP contribution in [-0.2, 0) is 11.8 Å². The van der Waals surface area contributed by atoms with Crippen LogP contribution in [0.5, 0.6) is 0 Å². The van der Waals surface area contributed by atoms with Gasteiger partial charge in [-0.2, -0.15) is 0 Å². The van der Waals surface area contributed by atoms with Crippen molar-refractivity contribution in [3.05, 3.63) is 32.1 Å². The number of rotatable bonds is 2. The minimum absolute atomic E-state index is 0.00506. The van der Waals surface area contributed by atoms with Crippen LogP contribution >= 0.6 is 38.6 Å². The predicted molar refractivity (Wildman–Crippen MR) is 103 cm³/mol. The molecule has 0 unspecified atom stereocenters. The number of thiophene rings is 2. The van der Waals surface area contributed by atoms with Gasteiger partial charge < -0.3 is 10.8 Å². The van der Waals surface area contributed by atoms with E-state index in [4.69, 9.17) is 10.7 Å². The van der Waals surface area contributed by atoms with E-state index in [1.54, 1.807) is 11.3 Å². The molecular weight excluding hydrogens is 408 g/mol. The first-order valence-electron chi connectivity index (χ1n) is 7.52. The molecule has 3 N–H and O–H groups in total. The number of hydrogen-bond acceptors (Lipinski definition) is 5. The van der Waals surface area contributed by atoms with E-state index in [-0.39, 0.29) is 10.3 Å².